The molecule has 0 unspecified atom stereocenters. The van der Waals surface area contributed by atoms with Gasteiger partial charge in [-0.15, -0.1) is 20.4 Å². The van der Waals surface area contributed by atoms with Crippen LogP contribution in [-0.2, 0) is 4.79 Å². The van der Waals surface area contributed by atoms with Crippen LogP contribution in [0.3, 0.4) is 0 Å². The Morgan fingerprint density at radius 3 is 2.90 bits per heavy atom. The van der Waals surface area contributed by atoms with Crippen LogP contribution in [0, 0.1) is 0 Å². The maximum atomic E-state index is 10.7. The Kier molecular flexibility index (Phi) is 3.11. The first kappa shape index (κ1) is 12.6. The van der Waals surface area contributed by atoms with Crippen molar-refractivity contribution in [3.63, 3.8) is 0 Å². The first-order valence-electron chi connectivity index (χ1n) is 5.59. The highest BCUT2D eigenvalue weighted by Crippen LogP contribution is 2.23. The third-order valence-electron chi connectivity index (χ3n) is 2.61. The van der Waals surface area contributed by atoms with E-state index in [1.807, 2.05) is 6.07 Å². The Morgan fingerprint density at radius 1 is 1.35 bits per heavy atom. The van der Waals surface area contributed by atoms with Gasteiger partial charge in [0.05, 0.1) is 18.4 Å². The van der Waals surface area contributed by atoms with Gasteiger partial charge in [-0.1, -0.05) is 11.8 Å². The minimum Gasteiger partial charge on any atom is -0.497 e. The minimum atomic E-state index is -0.917. The maximum Gasteiger partial charge on any atom is 0.313 e. The molecule has 8 nitrogen and oxygen atoms in total. The predicted octanol–water partition coefficient (Wildman–Crippen LogP) is 0.858. The molecule has 2 aromatic heterocycles. The summed E-state index contributed by atoms with van der Waals surface area (Å²) >= 11 is 1.08. The number of carboxylic acid groups (broad SMARTS) is 1. The quantitative estimate of drug-likeness (QED) is 0.706. The lowest BCUT2D eigenvalue weighted by molar-refractivity contribution is -0.133. The van der Waals surface area contributed by atoms with E-state index in [2.05, 4.69) is 20.4 Å². The Bertz CT molecular complexity index is 803. The Hall–Kier alpha value is -2.42. The van der Waals surface area contributed by atoms with Gasteiger partial charge in [-0.2, -0.15) is 0 Å². The molecule has 0 aliphatic carbocycles. The Labute approximate surface area is 116 Å². The zero-order chi connectivity index (χ0) is 14.1. The van der Waals surface area contributed by atoms with Crippen molar-refractivity contribution in [2.75, 3.05) is 12.9 Å². The van der Waals surface area contributed by atoms with Crippen molar-refractivity contribution in [3.05, 3.63) is 18.2 Å². The van der Waals surface area contributed by atoms with Crippen LogP contribution in [0.25, 0.3) is 16.8 Å². The summed E-state index contributed by atoms with van der Waals surface area (Å²) in [6.45, 7) is 0. The average Bonchev–Trinajstić information content (AvgIpc) is 2.87. The summed E-state index contributed by atoms with van der Waals surface area (Å²) in [5.41, 5.74) is 1.36. The number of hydrogen-bond acceptors (Lipinski definition) is 7. The van der Waals surface area contributed by atoms with Gasteiger partial charge in [0.15, 0.2) is 5.16 Å². The molecule has 9 heteroatoms. The van der Waals surface area contributed by atoms with Gasteiger partial charge in [-0.3, -0.25) is 9.20 Å². The third kappa shape index (κ3) is 2.11. The normalized spacial score (nSPS) is 11.1. The van der Waals surface area contributed by atoms with Gasteiger partial charge in [0.2, 0.25) is 0 Å². The SMILES string of the molecule is COc1ccc2c(c1)nnc1nnc(SCC(=O)O)n12. The first-order chi connectivity index (χ1) is 9.69. The van der Waals surface area contributed by atoms with Gasteiger partial charge in [0, 0.05) is 6.07 Å². The first-order valence-corrected chi connectivity index (χ1v) is 6.58. The van der Waals surface area contributed by atoms with Crippen LogP contribution >= 0.6 is 11.8 Å². The molecule has 0 aliphatic rings. The molecule has 2 heterocycles. The van der Waals surface area contributed by atoms with Crippen LogP contribution in [0.4, 0.5) is 0 Å². The van der Waals surface area contributed by atoms with E-state index in [0.717, 1.165) is 17.3 Å². The van der Waals surface area contributed by atoms with Crippen LogP contribution < -0.4 is 4.74 Å². The molecule has 0 atom stereocenters. The molecule has 0 saturated carbocycles. The molecule has 0 fully saturated rings. The van der Waals surface area contributed by atoms with Crippen molar-refractivity contribution < 1.29 is 14.6 Å². The molecular weight excluding hydrogens is 282 g/mol. The van der Waals surface area contributed by atoms with Gasteiger partial charge in [-0.05, 0) is 12.1 Å². The smallest absolute Gasteiger partial charge is 0.313 e. The molecule has 20 heavy (non-hydrogen) atoms. The molecule has 0 bridgehead atoms. The van der Waals surface area contributed by atoms with Crippen molar-refractivity contribution in [1.82, 2.24) is 24.8 Å². The van der Waals surface area contributed by atoms with Crippen LogP contribution in [0.15, 0.2) is 23.4 Å². The topological polar surface area (TPSA) is 103 Å². The number of thioether (sulfide) groups is 1. The lowest BCUT2D eigenvalue weighted by Gasteiger charge is -2.04. The molecule has 3 rings (SSSR count). The van der Waals surface area contributed by atoms with Crippen molar-refractivity contribution >= 4 is 34.5 Å². The van der Waals surface area contributed by atoms with Gasteiger partial charge in [0.25, 0.3) is 5.78 Å². The van der Waals surface area contributed by atoms with Gasteiger partial charge in [-0.25, -0.2) is 0 Å². The second-order valence-electron chi connectivity index (χ2n) is 3.86. The summed E-state index contributed by atoms with van der Waals surface area (Å²) in [6, 6.07) is 5.34. The molecule has 0 amide bonds. The van der Waals surface area contributed by atoms with Crippen LogP contribution in [-0.4, -0.2) is 48.7 Å². The summed E-state index contributed by atoms with van der Waals surface area (Å²) in [7, 11) is 1.57. The minimum absolute atomic E-state index is 0.0965. The van der Waals surface area contributed by atoms with Gasteiger partial charge in [0.1, 0.15) is 11.3 Å². The lowest BCUT2D eigenvalue weighted by atomic mass is 10.3. The summed E-state index contributed by atoms with van der Waals surface area (Å²) in [6.07, 6.45) is 0. The van der Waals surface area contributed by atoms with E-state index >= 15 is 0 Å². The zero-order valence-electron chi connectivity index (χ0n) is 10.3. The molecule has 0 spiro atoms. The van der Waals surface area contributed by atoms with Crippen molar-refractivity contribution in [3.8, 4) is 5.75 Å². The number of nitrogens with zero attached hydrogens (tertiary/aromatic N) is 5. The summed E-state index contributed by atoms with van der Waals surface area (Å²) in [4.78, 5) is 10.7. The zero-order valence-corrected chi connectivity index (χ0v) is 11.2. The van der Waals surface area contributed by atoms with Gasteiger partial charge >= 0.3 is 5.97 Å². The Balaban J connectivity index is 2.17. The van der Waals surface area contributed by atoms with Crippen molar-refractivity contribution in [1.29, 1.82) is 0 Å². The maximum absolute atomic E-state index is 10.7. The summed E-state index contributed by atoms with van der Waals surface area (Å²) < 4.78 is 6.81. The molecule has 0 aliphatic heterocycles. The largest absolute Gasteiger partial charge is 0.497 e. The number of aromatic nitrogens is 5. The van der Waals surface area contributed by atoms with Gasteiger partial charge < -0.3 is 9.84 Å². The Morgan fingerprint density at radius 2 is 2.15 bits per heavy atom. The van der Waals surface area contributed by atoms with Crippen LogP contribution in [0.2, 0.25) is 0 Å². The fraction of sp³-hybridized carbons (Fsp3) is 0.182. The molecule has 0 radical (unpaired) electrons. The number of methoxy groups -OCH3 is 1. The van der Waals surface area contributed by atoms with E-state index in [4.69, 9.17) is 9.84 Å². The highest BCUT2D eigenvalue weighted by atomic mass is 32.2. The molecule has 102 valence electrons. The van der Waals surface area contributed by atoms with E-state index < -0.39 is 5.97 Å². The number of aliphatic carboxylic acids is 1. The molecule has 3 aromatic rings. The second kappa shape index (κ2) is 4.93. The number of benzene rings is 1. The highest BCUT2D eigenvalue weighted by molar-refractivity contribution is 7.99. The van der Waals surface area contributed by atoms with Crippen molar-refractivity contribution in [2.45, 2.75) is 5.16 Å². The number of hydrogen-bond donors (Lipinski definition) is 1. The standard InChI is InChI=1S/C11H9N5O3S/c1-19-6-2-3-8-7(4-6)12-13-10-14-15-11(16(8)10)20-5-9(17)18/h2-4H,5H2,1H3,(H,17,18). The van der Waals surface area contributed by atoms with Crippen molar-refractivity contribution in [2.24, 2.45) is 0 Å². The number of fused-ring (bicyclic) bond motifs is 3. The van der Waals surface area contributed by atoms with Crippen LogP contribution in [0.5, 0.6) is 5.75 Å². The molecule has 1 aromatic carbocycles. The number of rotatable bonds is 4. The number of carbonyl (C=O) groups is 1. The average molecular weight is 291 g/mol. The van der Waals surface area contributed by atoms with E-state index in [1.165, 1.54) is 0 Å². The molecule has 1 N–H and O–H groups in total. The lowest BCUT2D eigenvalue weighted by Crippen LogP contribution is -2.01. The third-order valence-corrected chi connectivity index (χ3v) is 3.53. The molecular formula is C11H9N5O3S. The fourth-order valence-electron chi connectivity index (χ4n) is 1.76. The predicted molar refractivity (Wildman–Crippen MR) is 71.0 cm³/mol. The monoisotopic (exact) mass is 291 g/mol. The molecule has 0 saturated heterocycles. The fourth-order valence-corrected chi connectivity index (χ4v) is 2.42. The van der Waals surface area contributed by atoms with E-state index in [1.54, 1.807) is 23.6 Å². The van der Waals surface area contributed by atoms with Crippen LogP contribution in [0.1, 0.15) is 0 Å². The van der Waals surface area contributed by atoms with E-state index in [9.17, 15) is 4.79 Å². The number of ether oxygens (including phenoxy) is 1. The second-order valence-corrected chi connectivity index (χ2v) is 4.80. The summed E-state index contributed by atoms with van der Waals surface area (Å²) in [5, 5.41) is 25.0. The summed E-state index contributed by atoms with van der Waals surface area (Å²) in [5.74, 6) is -0.0184. The van der Waals surface area contributed by atoms with E-state index in [0.29, 0.717) is 22.2 Å². The highest BCUT2D eigenvalue weighted by Gasteiger charge is 2.13. The number of carboxylic acids is 1. The van der Waals surface area contributed by atoms with E-state index in [-0.39, 0.29) is 5.75 Å².